The second kappa shape index (κ2) is 5.83. The predicted molar refractivity (Wildman–Crippen MR) is 60.7 cm³/mol. The van der Waals surface area contributed by atoms with Crippen LogP contribution in [0, 0.1) is 0 Å². The SMILES string of the molecule is CC1CN(C(=O)NCC(O)C(=O)O)CCN1C. The normalized spacial score (nSPS) is 23.2. The lowest BCUT2D eigenvalue weighted by Gasteiger charge is -2.37. The van der Waals surface area contributed by atoms with Crippen LogP contribution in [0.1, 0.15) is 6.92 Å². The van der Waals surface area contributed by atoms with Crippen molar-refractivity contribution < 1.29 is 19.8 Å². The number of nitrogens with one attached hydrogen (secondary N) is 1. The molecule has 17 heavy (non-hydrogen) atoms. The molecule has 0 radical (unpaired) electrons. The van der Waals surface area contributed by atoms with Crippen LogP contribution in [0.3, 0.4) is 0 Å². The van der Waals surface area contributed by atoms with Crippen molar-refractivity contribution in [3.8, 4) is 0 Å². The van der Waals surface area contributed by atoms with Gasteiger partial charge in [0.25, 0.3) is 0 Å². The Hall–Kier alpha value is -1.34. The largest absolute Gasteiger partial charge is 0.479 e. The van der Waals surface area contributed by atoms with E-state index in [0.29, 0.717) is 13.1 Å². The molecule has 1 aliphatic rings. The number of hydrogen-bond donors (Lipinski definition) is 3. The van der Waals surface area contributed by atoms with Crippen LogP contribution >= 0.6 is 0 Å². The van der Waals surface area contributed by atoms with E-state index in [0.717, 1.165) is 6.54 Å². The summed E-state index contributed by atoms with van der Waals surface area (Å²) in [4.78, 5) is 25.8. The monoisotopic (exact) mass is 245 g/mol. The van der Waals surface area contributed by atoms with Crippen molar-refractivity contribution in [3.05, 3.63) is 0 Å². The van der Waals surface area contributed by atoms with E-state index in [2.05, 4.69) is 10.2 Å². The Morgan fingerprint density at radius 2 is 2.12 bits per heavy atom. The summed E-state index contributed by atoms with van der Waals surface area (Å²) in [5.41, 5.74) is 0. The Bertz CT molecular complexity index is 297. The van der Waals surface area contributed by atoms with Crippen LogP contribution in [0.4, 0.5) is 4.79 Å². The quantitative estimate of drug-likeness (QED) is 0.579. The van der Waals surface area contributed by atoms with Crippen molar-refractivity contribution in [3.63, 3.8) is 0 Å². The molecule has 0 spiro atoms. The second-order valence-corrected chi connectivity index (χ2v) is 4.32. The fourth-order valence-electron chi connectivity index (χ4n) is 1.62. The highest BCUT2D eigenvalue weighted by Crippen LogP contribution is 2.06. The summed E-state index contributed by atoms with van der Waals surface area (Å²) in [5, 5.41) is 19.9. The maximum absolute atomic E-state index is 11.7. The molecule has 1 aliphatic heterocycles. The van der Waals surface area contributed by atoms with Crippen LogP contribution in [0.15, 0.2) is 0 Å². The fraction of sp³-hybridized carbons (Fsp3) is 0.800. The van der Waals surface area contributed by atoms with Crippen LogP contribution in [0.2, 0.25) is 0 Å². The third-order valence-electron chi connectivity index (χ3n) is 2.98. The van der Waals surface area contributed by atoms with Gasteiger partial charge in [-0.05, 0) is 14.0 Å². The summed E-state index contributed by atoms with van der Waals surface area (Å²) in [5.74, 6) is -1.34. The van der Waals surface area contributed by atoms with E-state index in [1.807, 2.05) is 14.0 Å². The van der Waals surface area contributed by atoms with Crippen LogP contribution in [-0.2, 0) is 4.79 Å². The van der Waals surface area contributed by atoms with Gasteiger partial charge in [0.2, 0.25) is 0 Å². The zero-order chi connectivity index (χ0) is 13.0. The highest BCUT2D eigenvalue weighted by molar-refractivity contribution is 5.76. The van der Waals surface area contributed by atoms with Gasteiger partial charge in [0.1, 0.15) is 0 Å². The predicted octanol–water partition coefficient (Wildman–Crippen LogP) is -1.22. The summed E-state index contributed by atoms with van der Waals surface area (Å²) in [6.07, 6.45) is -1.55. The molecular formula is C10H19N3O4. The molecule has 7 nitrogen and oxygen atoms in total. The molecule has 0 aliphatic carbocycles. The number of aliphatic carboxylic acids is 1. The summed E-state index contributed by atoms with van der Waals surface area (Å²) in [7, 11) is 1.99. The molecule has 2 amide bonds. The number of aliphatic hydroxyl groups is 1. The van der Waals surface area contributed by atoms with Crippen LogP contribution in [0.25, 0.3) is 0 Å². The number of carboxylic acids is 1. The minimum Gasteiger partial charge on any atom is -0.479 e. The number of likely N-dealkylation sites (N-methyl/N-ethyl adjacent to an activating group) is 1. The van der Waals surface area contributed by atoms with E-state index < -0.39 is 12.1 Å². The Morgan fingerprint density at radius 1 is 1.47 bits per heavy atom. The minimum atomic E-state index is -1.55. The molecule has 7 heteroatoms. The average Bonchev–Trinajstić information content (AvgIpc) is 2.28. The number of carbonyl (C=O) groups excluding carboxylic acids is 1. The topological polar surface area (TPSA) is 93.1 Å². The van der Waals surface area contributed by atoms with Crippen molar-refractivity contribution >= 4 is 12.0 Å². The zero-order valence-corrected chi connectivity index (χ0v) is 10.1. The van der Waals surface area contributed by atoms with Gasteiger partial charge in [0, 0.05) is 25.7 Å². The third kappa shape index (κ3) is 3.86. The second-order valence-electron chi connectivity index (χ2n) is 4.32. The molecule has 0 aromatic carbocycles. The van der Waals surface area contributed by atoms with E-state index in [4.69, 9.17) is 10.2 Å². The van der Waals surface area contributed by atoms with E-state index in [1.54, 1.807) is 4.90 Å². The first kappa shape index (κ1) is 13.7. The summed E-state index contributed by atoms with van der Waals surface area (Å²) >= 11 is 0. The molecule has 1 heterocycles. The van der Waals surface area contributed by atoms with E-state index >= 15 is 0 Å². The molecule has 0 saturated carbocycles. The van der Waals surface area contributed by atoms with Gasteiger partial charge >= 0.3 is 12.0 Å². The number of piperazine rings is 1. The smallest absolute Gasteiger partial charge is 0.334 e. The lowest BCUT2D eigenvalue weighted by atomic mass is 10.2. The molecule has 1 fully saturated rings. The highest BCUT2D eigenvalue weighted by atomic mass is 16.4. The lowest BCUT2D eigenvalue weighted by Crippen LogP contribution is -2.55. The molecule has 98 valence electrons. The summed E-state index contributed by atoms with van der Waals surface area (Å²) < 4.78 is 0. The Labute approximate surface area is 100.0 Å². The van der Waals surface area contributed by atoms with Gasteiger partial charge in [0.15, 0.2) is 6.10 Å². The van der Waals surface area contributed by atoms with Crippen molar-refractivity contribution in [2.24, 2.45) is 0 Å². The third-order valence-corrected chi connectivity index (χ3v) is 2.98. The fourth-order valence-corrected chi connectivity index (χ4v) is 1.62. The Balaban J connectivity index is 2.36. The molecule has 1 rings (SSSR count). The molecule has 3 N–H and O–H groups in total. The number of carbonyl (C=O) groups is 2. The lowest BCUT2D eigenvalue weighted by molar-refractivity contribution is -0.146. The minimum absolute atomic E-state index is 0.269. The zero-order valence-electron chi connectivity index (χ0n) is 10.1. The van der Waals surface area contributed by atoms with Crippen molar-refractivity contribution in [2.75, 3.05) is 33.2 Å². The van der Waals surface area contributed by atoms with Crippen LogP contribution in [0.5, 0.6) is 0 Å². The molecular weight excluding hydrogens is 226 g/mol. The molecule has 1 saturated heterocycles. The first-order chi connectivity index (χ1) is 7.91. The highest BCUT2D eigenvalue weighted by Gasteiger charge is 2.24. The van der Waals surface area contributed by atoms with Crippen molar-refractivity contribution in [1.29, 1.82) is 0 Å². The van der Waals surface area contributed by atoms with Gasteiger partial charge < -0.3 is 25.3 Å². The maximum Gasteiger partial charge on any atom is 0.334 e. The van der Waals surface area contributed by atoms with Gasteiger partial charge in [0.05, 0.1) is 6.54 Å². The van der Waals surface area contributed by atoms with E-state index in [9.17, 15) is 9.59 Å². The first-order valence-corrected chi connectivity index (χ1v) is 5.55. The average molecular weight is 245 g/mol. The van der Waals surface area contributed by atoms with Gasteiger partial charge in [-0.15, -0.1) is 0 Å². The number of carboxylic acid groups (broad SMARTS) is 1. The Kier molecular flexibility index (Phi) is 4.71. The maximum atomic E-state index is 11.7. The number of aliphatic hydroxyl groups excluding tert-OH is 1. The number of urea groups is 1. The number of nitrogens with zero attached hydrogens (tertiary/aromatic N) is 2. The molecule has 0 aromatic rings. The number of rotatable bonds is 3. The van der Waals surface area contributed by atoms with Gasteiger partial charge in [-0.3, -0.25) is 0 Å². The van der Waals surface area contributed by atoms with Gasteiger partial charge in [-0.2, -0.15) is 0 Å². The number of hydrogen-bond acceptors (Lipinski definition) is 4. The molecule has 0 aromatic heterocycles. The number of amides is 2. The molecule has 2 atom stereocenters. The first-order valence-electron chi connectivity index (χ1n) is 5.55. The van der Waals surface area contributed by atoms with Crippen LogP contribution in [-0.4, -0.2) is 77.4 Å². The van der Waals surface area contributed by atoms with E-state index in [-0.39, 0.29) is 18.6 Å². The van der Waals surface area contributed by atoms with Crippen molar-refractivity contribution in [1.82, 2.24) is 15.1 Å². The van der Waals surface area contributed by atoms with E-state index in [1.165, 1.54) is 0 Å². The molecule has 2 unspecified atom stereocenters. The van der Waals surface area contributed by atoms with Crippen LogP contribution < -0.4 is 5.32 Å². The summed E-state index contributed by atoms with van der Waals surface area (Å²) in [6, 6.07) is -0.0517. The van der Waals surface area contributed by atoms with Gasteiger partial charge in [-0.1, -0.05) is 0 Å². The summed E-state index contributed by atoms with van der Waals surface area (Å²) in [6.45, 7) is 3.75. The Morgan fingerprint density at radius 3 is 2.65 bits per heavy atom. The molecule has 0 bridgehead atoms. The van der Waals surface area contributed by atoms with Crippen molar-refractivity contribution in [2.45, 2.75) is 19.1 Å². The standard InChI is InChI=1S/C10H19N3O4/c1-7-6-13(4-3-12(7)2)10(17)11-5-8(14)9(15)16/h7-8,14H,3-6H2,1-2H3,(H,11,17)(H,15,16). The van der Waals surface area contributed by atoms with Gasteiger partial charge in [-0.25, -0.2) is 9.59 Å².